The highest BCUT2D eigenvalue weighted by molar-refractivity contribution is 5.57. The van der Waals surface area contributed by atoms with Crippen LogP contribution in [-0.2, 0) is 0 Å². The minimum absolute atomic E-state index is 0.609. The van der Waals surface area contributed by atoms with E-state index in [-0.39, 0.29) is 0 Å². The second kappa shape index (κ2) is 5.68. The van der Waals surface area contributed by atoms with Gasteiger partial charge in [-0.3, -0.25) is 0 Å². The summed E-state index contributed by atoms with van der Waals surface area (Å²) in [5.74, 6) is 3.28. The standard InChI is InChI=1S/C12H22N4/c1-6-13-11-9(4)12(14-7-8(2)3)16-10(5)15-11/h8H,6-7H2,1-5H3,(H2,13,14,15,16). The molecule has 1 heterocycles. The predicted octanol–water partition coefficient (Wildman–Crippen LogP) is 2.59. The third-order valence-electron chi connectivity index (χ3n) is 2.28. The lowest BCUT2D eigenvalue weighted by Crippen LogP contribution is -2.13. The zero-order valence-electron chi connectivity index (χ0n) is 10.9. The highest BCUT2D eigenvalue weighted by Gasteiger charge is 2.08. The van der Waals surface area contributed by atoms with Crippen LogP contribution in [0.4, 0.5) is 11.6 Å². The fourth-order valence-electron chi connectivity index (χ4n) is 1.44. The number of hydrogen-bond acceptors (Lipinski definition) is 4. The largest absolute Gasteiger partial charge is 0.370 e. The van der Waals surface area contributed by atoms with E-state index < -0.39 is 0 Å². The fourth-order valence-corrected chi connectivity index (χ4v) is 1.44. The van der Waals surface area contributed by atoms with Crippen molar-refractivity contribution in [2.75, 3.05) is 23.7 Å². The Labute approximate surface area is 97.9 Å². The molecule has 0 spiro atoms. The van der Waals surface area contributed by atoms with Crippen LogP contribution >= 0.6 is 0 Å². The molecule has 0 aliphatic carbocycles. The summed E-state index contributed by atoms with van der Waals surface area (Å²) in [4.78, 5) is 8.81. The number of anilines is 2. The zero-order valence-corrected chi connectivity index (χ0v) is 10.9. The number of nitrogens with one attached hydrogen (secondary N) is 2. The number of aromatic nitrogens is 2. The van der Waals surface area contributed by atoms with Gasteiger partial charge < -0.3 is 10.6 Å². The second-order valence-corrected chi connectivity index (χ2v) is 4.40. The van der Waals surface area contributed by atoms with Crippen LogP contribution in [0.3, 0.4) is 0 Å². The molecule has 0 amide bonds. The summed E-state index contributed by atoms with van der Waals surface area (Å²) in [5.41, 5.74) is 1.09. The molecule has 0 saturated carbocycles. The zero-order chi connectivity index (χ0) is 12.1. The van der Waals surface area contributed by atoms with Gasteiger partial charge in [-0.25, -0.2) is 9.97 Å². The molecule has 0 atom stereocenters. The summed E-state index contributed by atoms with van der Waals surface area (Å²) in [6.07, 6.45) is 0. The molecule has 90 valence electrons. The highest BCUT2D eigenvalue weighted by atomic mass is 15.1. The molecule has 0 fully saturated rings. The van der Waals surface area contributed by atoms with Gasteiger partial charge in [0.1, 0.15) is 17.5 Å². The summed E-state index contributed by atoms with van der Waals surface area (Å²) >= 11 is 0. The average molecular weight is 222 g/mol. The minimum Gasteiger partial charge on any atom is -0.370 e. The molecular formula is C12H22N4. The molecule has 0 bridgehead atoms. The highest BCUT2D eigenvalue weighted by Crippen LogP contribution is 2.19. The van der Waals surface area contributed by atoms with Gasteiger partial charge in [0.25, 0.3) is 0 Å². The van der Waals surface area contributed by atoms with Gasteiger partial charge in [-0.2, -0.15) is 0 Å². The van der Waals surface area contributed by atoms with Crippen LogP contribution in [-0.4, -0.2) is 23.1 Å². The van der Waals surface area contributed by atoms with E-state index in [0.29, 0.717) is 5.92 Å². The molecule has 0 unspecified atom stereocenters. The van der Waals surface area contributed by atoms with Crippen molar-refractivity contribution >= 4 is 11.6 Å². The topological polar surface area (TPSA) is 49.8 Å². The normalized spacial score (nSPS) is 10.6. The lowest BCUT2D eigenvalue weighted by molar-refractivity contribution is 0.686. The molecule has 1 aromatic heterocycles. The van der Waals surface area contributed by atoms with Crippen LogP contribution in [0.15, 0.2) is 0 Å². The first-order chi connectivity index (χ1) is 7.54. The second-order valence-electron chi connectivity index (χ2n) is 4.40. The monoisotopic (exact) mass is 222 g/mol. The van der Waals surface area contributed by atoms with Gasteiger partial charge in [0.05, 0.1) is 0 Å². The predicted molar refractivity (Wildman–Crippen MR) is 69.0 cm³/mol. The maximum absolute atomic E-state index is 4.43. The van der Waals surface area contributed by atoms with E-state index in [1.165, 1.54) is 0 Å². The van der Waals surface area contributed by atoms with E-state index in [4.69, 9.17) is 0 Å². The third-order valence-corrected chi connectivity index (χ3v) is 2.28. The Morgan fingerprint density at radius 2 is 1.62 bits per heavy atom. The molecule has 4 nitrogen and oxygen atoms in total. The first-order valence-corrected chi connectivity index (χ1v) is 5.87. The minimum atomic E-state index is 0.609. The Morgan fingerprint density at radius 3 is 2.12 bits per heavy atom. The van der Waals surface area contributed by atoms with Crippen molar-refractivity contribution < 1.29 is 0 Å². The van der Waals surface area contributed by atoms with E-state index in [0.717, 1.165) is 36.1 Å². The van der Waals surface area contributed by atoms with Gasteiger partial charge in [0.15, 0.2) is 0 Å². The van der Waals surface area contributed by atoms with Gasteiger partial charge >= 0.3 is 0 Å². The van der Waals surface area contributed by atoms with Crippen molar-refractivity contribution in [3.8, 4) is 0 Å². The molecule has 4 heteroatoms. The van der Waals surface area contributed by atoms with Crippen molar-refractivity contribution in [2.24, 2.45) is 5.92 Å². The molecule has 0 aliphatic heterocycles. The van der Waals surface area contributed by atoms with Crippen LogP contribution in [0.5, 0.6) is 0 Å². The molecule has 0 aromatic carbocycles. The van der Waals surface area contributed by atoms with Crippen LogP contribution < -0.4 is 10.6 Å². The molecule has 0 saturated heterocycles. The van der Waals surface area contributed by atoms with E-state index in [2.05, 4.69) is 41.4 Å². The molecule has 1 rings (SSSR count). The van der Waals surface area contributed by atoms with Gasteiger partial charge in [-0.1, -0.05) is 13.8 Å². The Bertz CT molecular complexity index is 347. The van der Waals surface area contributed by atoms with Crippen LogP contribution in [0, 0.1) is 19.8 Å². The molecule has 16 heavy (non-hydrogen) atoms. The van der Waals surface area contributed by atoms with Crippen LogP contribution in [0.2, 0.25) is 0 Å². The smallest absolute Gasteiger partial charge is 0.134 e. The SMILES string of the molecule is CCNc1nc(C)nc(NCC(C)C)c1C. The summed E-state index contributed by atoms with van der Waals surface area (Å²) in [7, 11) is 0. The van der Waals surface area contributed by atoms with Gasteiger partial charge in [-0.15, -0.1) is 0 Å². The van der Waals surface area contributed by atoms with Gasteiger partial charge in [-0.05, 0) is 26.7 Å². The molecular weight excluding hydrogens is 200 g/mol. The summed E-state index contributed by atoms with van der Waals surface area (Å²) < 4.78 is 0. The lowest BCUT2D eigenvalue weighted by Gasteiger charge is -2.14. The van der Waals surface area contributed by atoms with E-state index >= 15 is 0 Å². The summed E-state index contributed by atoms with van der Waals surface area (Å²) in [6, 6.07) is 0. The maximum Gasteiger partial charge on any atom is 0.134 e. The molecule has 2 N–H and O–H groups in total. The van der Waals surface area contributed by atoms with E-state index in [1.54, 1.807) is 0 Å². The average Bonchev–Trinajstić information content (AvgIpc) is 2.21. The molecule has 0 radical (unpaired) electrons. The van der Waals surface area contributed by atoms with Gasteiger partial charge in [0.2, 0.25) is 0 Å². The van der Waals surface area contributed by atoms with Crippen LogP contribution in [0.25, 0.3) is 0 Å². The Kier molecular flexibility index (Phi) is 4.52. The van der Waals surface area contributed by atoms with Crippen molar-refractivity contribution in [3.63, 3.8) is 0 Å². The fraction of sp³-hybridized carbons (Fsp3) is 0.667. The Hall–Kier alpha value is -1.32. The number of hydrogen-bond donors (Lipinski definition) is 2. The quantitative estimate of drug-likeness (QED) is 0.804. The van der Waals surface area contributed by atoms with Crippen molar-refractivity contribution in [3.05, 3.63) is 11.4 Å². The van der Waals surface area contributed by atoms with E-state index in [1.807, 2.05) is 13.8 Å². The first-order valence-electron chi connectivity index (χ1n) is 5.87. The van der Waals surface area contributed by atoms with E-state index in [9.17, 15) is 0 Å². The van der Waals surface area contributed by atoms with Crippen molar-refractivity contribution in [1.82, 2.24) is 9.97 Å². The maximum atomic E-state index is 4.43. The summed E-state index contributed by atoms with van der Waals surface area (Å²) in [6.45, 7) is 12.2. The summed E-state index contributed by atoms with van der Waals surface area (Å²) in [5, 5.41) is 6.61. The Balaban J connectivity index is 2.90. The molecule has 0 aliphatic rings. The lowest BCUT2D eigenvalue weighted by atomic mass is 10.2. The molecule has 1 aromatic rings. The Morgan fingerprint density at radius 1 is 1.06 bits per heavy atom. The number of nitrogens with zero attached hydrogens (tertiary/aromatic N) is 2. The van der Waals surface area contributed by atoms with Crippen LogP contribution in [0.1, 0.15) is 32.2 Å². The number of rotatable bonds is 5. The van der Waals surface area contributed by atoms with Crippen molar-refractivity contribution in [2.45, 2.75) is 34.6 Å². The first kappa shape index (κ1) is 12.7. The van der Waals surface area contributed by atoms with Gasteiger partial charge in [0, 0.05) is 18.7 Å². The number of aryl methyl sites for hydroxylation is 1. The third kappa shape index (κ3) is 3.36. The van der Waals surface area contributed by atoms with Crippen molar-refractivity contribution in [1.29, 1.82) is 0 Å².